The van der Waals surface area contributed by atoms with Crippen LogP contribution in [0.2, 0.25) is 0 Å². The number of sulfonamides is 1. The molecule has 59 heavy (non-hydrogen) atoms. The molecule has 7 rings (SSSR count). The lowest BCUT2D eigenvalue weighted by Gasteiger charge is -2.44. The standard InChI is InChI=1S/C43H46Cl2F2N2O9S/c1-4-34(44)33(35(45)5-2)23-37(28-14-15-36(58-43(46)47)38(22-28)55-25-26-12-13-26)56-41(50)30-9-7-11-32(21-30)59(52,53)48-40(29-8-6-10-31(20-29)54-3)42(51)57-39-24-49-18-16-27(39)17-19-49/h4-11,14-15,20-22,26-27,37,39-40,43,48H,1,12-13,16-19,23-25H2,2-3H3/b34-33+,35-5+/t37-,39-,40?/m0/s1. The number of nitrogens with zero attached hydrogens (tertiary/aromatic N) is 1. The van der Waals surface area contributed by atoms with Crippen LogP contribution < -0.4 is 18.9 Å². The molecule has 3 saturated heterocycles. The maximum atomic E-state index is 14.1. The maximum absolute atomic E-state index is 14.1. The Labute approximate surface area is 352 Å². The van der Waals surface area contributed by atoms with E-state index in [1.165, 1.54) is 49.6 Å². The third-order valence-corrected chi connectivity index (χ3v) is 12.8. The Morgan fingerprint density at radius 3 is 2.37 bits per heavy atom. The number of carbonyl (C=O) groups excluding carboxylic acids is 2. The second kappa shape index (κ2) is 19.7. The van der Waals surface area contributed by atoms with Crippen molar-refractivity contribution < 1.29 is 50.5 Å². The number of esters is 2. The fraction of sp³-hybridized carbons (Fsp3) is 0.395. The number of carbonyl (C=O) groups is 2. The minimum Gasteiger partial charge on any atom is -0.497 e. The number of fused-ring (bicyclic) bond motifs is 3. The molecule has 4 aliphatic rings. The summed E-state index contributed by atoms with van der Waals surface area (Å²) in [6, 6.07) is 14.3. The van der Waals surface area contributed by atoms with Gasteiger partial charge in [0.2, 0.25) is 10.0 Å². The summed E-state index contributed by atoms with van der Waals surface area (Å²) in [6.45, 7) is 4.98. The largest absolute Gasteiger partial charge is 0.497 e. The number of benzene rings is 3. The van der Waals surface area contributed by atoms with Crippen molar-refractivity contribution in [2.24, 2.45) is 11.8 Å². The van der Waals surface area contributed by atoms with Crippen LogP contribution in [0.5, 0.6) is 17.2 Å². The third kappa shape index (κ3) is 11.4. The molecule has 0 aromatic heterocycles. The number of piperidine rings is 3. The van der Waals surface area contributed by atoms with E-state index in [2.05, 4.69) is 16.2 Å². The van der Waals surface area contributed by atoms with E-state index in [0.29, 0.717) is 29.0 Å². The van der Waals surface area contributed by atoms with Gasteiger partial charge in [-0.15, -0.1) is 0 Å². The second-order valence-electron chi connectivity index (χ2n) is 14.6. The van der Waals surface area contributed by atoms with Gasteiger partial charge in [0, 0.05) is 23.0 Å². The highest BCUT2D eigenvalue weighted by molar-refractivity contribution is 7.89. The zero-order chi connectivity index (χ0) is 42.3. The molecule has 0 spiro atoms. The number of alkyl halides is 2. The number of methoxy groups -OCH3 is 1. The lowest BCUT2D eigenvalue weighted by atomic mass is 9.86. The van der Waals surface area contributed by atoms with Crippen molar-refractivity contribution in [1.82, 2.24) is 9.62 Å². The highest BCUT2D eigenvalue weighted by Gasteiger charge is 2.39. The first-order chi connectivity index (χ1) is 28.3. The molecule has 3 aliphatic heterocycles. The number of hydrogen-bond donors (Lipinski definition) is 1. The van der Waals surface area contributed by atoms with Gasteiger partial charge in [-0.3, -0.25) is 4.90 Å². The molecule has 16 heteroatoms. The van der Waals surface area contributed by atoms with E-state index in [0.717, 1.165) is 44.8 Å². The summed E-state index contributed by atoms with van der Waals surface area (Å²) in [5.74, 6) is -1.03. The zero-order valence-electron chi connectivity index (χ0n) is 32.6. The minimum atomic E-state index is -4.50. The summed E-state index contributed by atoms with van der Waals surface area (Å²) in [7, 11) is -3.04. The maximum Gasteiger partial charge on any atom is 0.387 e. The predicted molar refractivity (Wildman–Crippen MR) is 218 cm³/mol. The van der Waals surface area contributed by atoms with Crippen molar-refractivity contribution in [3.63, 3.8) is 0 Å². The Kier molecular flexibility index (Phi) is 14.7. The molecular formula is C43H46Cl2F2N2O9S. The SMILES string of the molecule is C=C/C(Cl)=C(C[C@H](OC(=O)c1cccc(S(=O)(=O)NC(C(=O)O[C@H]2CN3CCC2CC3)c2cccc(OC)c2)c1)c1ccc(OC(F)F)c(OCC2CC2)c1)\C(Cl)=C/C. The van der Waals surface area contributed by atoms with Crippen molar-refractivity contribution in [1.29, 1.82) is 0 Å². The number of rotatable bonds is 19. The fourth-order valence-corrected chi connectivity index (χ4v) is 8.71. The molecule has 3 atom stereocenters. The molecule has 1 saturated carbocycles. The number of nitrogens with one attached hydrogen (secondary N) is 1. The van der Waals surface area contributed by atoms with Gasteiger partial charge in [0.05, 0.1) is 24.2 Å². The van der Waals surface area contributed by atoms with E-state index in [1.54, 1.807) is 37.3 Å². The summed E-state index contributed by atoms with van der Waals surface area (Å²) in [5, 5.41) is 0.421. The molecule has 316 valence electrons. The fourth-order valence-electron chi connectivity index (χ4n) is 7.09. The first-order valence-corrected chi connectivity index (χ1v) is 21.5. The first kappa shape index (κ1) is 44.1. The molecule has 1 N–H and O–H groups in total. The van der Waals surface area contributed by atoms with E-state index in [1.807, 2.05) is 0 Å². The third-order valence-electron chi connectivity index (χ3n) is 10.6. The lowest BCUT2D eigenvalue weighted by Crippen LogP contribution is -2.52. The van der Waals surface area contributed by atoms with Gasteiger partial charge in [0.15, 0.2) is 11.5 Å². The summed E-state index contributed by atoms with van der Waals surface area (Å²) in [6.07, 6.45) is 4.98. The average molecular weight is 876 g/mol. The van der Waals surface area contributed by atoms with Crippen LogP contribution in [0.1, 0.15) is 72.7 Å². The molecule has 3 aromatic rings. The minimum absolute atomic E-state index is 0.0185. The molecule has 0 radical (unpaired) electrons. The lowest BCUT2D eigenvalue weighted by molar-refractivity contribution is -0.161. The van der Waals surface area contributed by atoms with Gasteiger partial charge in [-0.25, -0.2) is 18.0 Å². The van der Waals surface area contributed by atoms with Gasteiger partial charge in [-0.05, 0) is 117 Å². The van der Waals surface area contributed by atoms with E-state index in [9.17, 15) is 26.8 Å². The van der Waals surface area contributed by atoms with Crippen molar-refractivity contribution >= 4 is 45.2 Å². The Bertz CT molecular complexity index is 2190. The average Bonchev–Trinajstić information content (AvgIpc) is 4.08. The normalized spacial score (nSPS) is 20.6. The van der Waals surface area contributed by atoms with E-state index in [4.69, 9.17) is 46.9 Å². The number of allylic oxidation sites excluding steroid dienone is 4. The second-order valence-corrected chi connectivity index (χ2v) is 17.1. The van der Waals surface area contributed by atoms with Crippen molar-refractivity contribution in [3.8, 4) is 17.2 Å². The Hall–Kier alpha value is -4.47. The van der Waals surface area contributed by atoms with E-state index < -0.39 is 40.7 Å². The van der Waals surface area contributed by atoms with Crippen LogP contribution in [-0.4, -0.2) is 71.3 Å². The van der Waals surface area contributed by atoms with Gasteiger partial charge < -0.3 is 23.7 Å². The van der Waals surface area contributed by atoms with Gasteiger partial charge in [0.1, 0.15) is 24.0 Å². The topological polar surface area (TPSA) is 130 Å². The number of hydrogen-bond acceptors (Lipinski definition) is 10. The highest BCUT2D eigenvalue weighted by Crippen LogP contribution is 2.40. The van der Waals surface area contributed by atoms with Gasteiger partial charge in [-0.1, -0.05) is 66.2 Å². The van der Waals surface area contributed by atoms with Crippen LogP contribution in [0.3, 0.4) is 0 Å². The van der Waals surface area contributed by atoms with Crippen LogP contribution in [-0.2, 0) is 24.3 Å². The van der Waals surface area contributed by atoms with Crippen molar-refractivity contribution in [2.45, 2.75) is 68.8 Å². The molecule has 0 amide bonds. The van der Waals surface area contributed by atoms with Gasteiger partial charge in [0.25, 0.3) is 0 Å². The highest BCUT2D eigenvalue weighted by atomic mass is 35.5. The number of ether oxygens (including phenoxy) is 5. The first-order valence-electron chi connectivity index (χ1n) is 19.2. The Morgan fingerprint density at radius 2 is 1.73 bits per heavy atom. The quantitative estimate of drug-likeness (QED) is 0.0922. The van der Waals surface area contributed by atoms with Crippen LogP contribution in [0.15, 0.2) is 106 Å². The molecule has 3 aromatic carbocycles. The monoisotopic (exact) mass is 874 g/mol. The summed E-state index contributed by atoms with van der Waals surface area (Å²) < 4.78 is 85.4. The molecule has 2 bridgehead atoms. The molecule has 1 aliphatic carbocycles. The molecule has 4 fully saturated rings. The number of halogens is 4. The van der Waals surface area contributed by atoms with Crippen molar-refractivity contribution in [2.75, 3.05) is 33.4 Å². The van der Waals surface area contributed by atoms with Crippen LogP contribution in [0, 0.1) is 11.8 Å². The molecule has 11 nitrogen and oxygen atoms in total. The Balaban J connectivity index is 1.29. The summed E-state index contributed by atoms with van der Waals surface area (Å²) in [5.41, 5.74) is 0.840. The summed E-state index contributed by atoms with van der Waals surface area (Å²) >= 11 is 13.1. The van der Waals surface area contributed by atoms with E-state index in [-0.39, 0.29) is 63.0 Å². The van der Waals surface area contributed by atoms with Gasteiger partial charge >= 0.3 is 18.6 Å². The smallest absolute Gasteiger partial charge is 0.387 e. The predicted octanol–water partition coefficient (Wildman–Crippen LogP) is 8.85. The van der Waals surface area contributed by atoms with Crippen molar-refractivity contribution in [3.05, 3.63) is 118 Å². The Morgan fingerprint density at radius 1 is 0.983 bits per heavy atom. The van der Waals surface area contributed by atoms with Crippen LogP contribution in [0.4, 0.5) is 8.78 Å². The zero-order valence-corrected chi connectivity index (χ0v) is 34.9. The van der Waals surface area contributed by atoms with E-state index >= 15 is 0 Å². The molecular weight excluding hydrogens is 829 g/mol. The molecule has 3 heterocycles. The van der Waals surface area contributed by atoms with Crippen LogP contribution >= 0.6 is 23.2 Å². The van der Waals surface area contributed by atoms with Gasteiger partial charge in [-0.2, -0.15) is 13.5 Å². The summed E-state index contributed by atoms with van der Waals surface area (Å²) in [4.78, 5) is 29.7. The van der Waals surface area contributed by atoms with Crippen LogP contribution in [0.25, 0.3) is 0 Å². The molecule has 1 unspecified atom stereocenters.